The summed E-state index contributed by atoms with van der Waals surface area (Å²) in [5, 5.41) is 0. The minimum atomic E-state index is -0.958. The van der Waals surface area contributed by atoms with Gasteiger partial charge in [-0.3, -0.25) is 4.79 Å². The first-order valence-corrected chi connectivity index (χ1v) is 4.90. The van der Waals surface area contributed by atoms with Gasteiger partial charge < -0.3 is 10.5 Å². The second-order valence-corrected chi connectivity index (χ2v) is 5.95. The summed E-state index contributed by atoms with van der Waals surface area (Å²) in [5.74, 6) is -0.350. The van der Waals surface area contributed by atoms with E-state index in [9.17, 15) is 4.79 Å². The van der Waals surface area contributed by atoms with E-state index in [-0.39, 0.29) is 11.4 Å². The topological polar surface area (TPSA) is 52.3 Å². The van der Waals surface area contributed by atoms with E-state index in [0.717, 1.165) is 0 Å². The summed E-state index contributed by atoms with van der Waals surface area (Å²) < 4.78 is 5.27. The number of esters is 1. The van der Waals surface area contributed by atoms with Gasteiger partial charge in [-0.2, -0.15) is 0 Å². The molecular weight excluding hydrogens is 178 g/mol. The summed E-state index contributed by atoms with van der Waals surface area (Å²) >= 11 is 0. The normalized spacial score (nSPS) is 17.4. The monoisotopic (exact) mass is 201 g/mol. The highest BCUT2D eigenvalue weighted by molar-refractivity contribution is 5.81. The Morgan fingerprint density at radius 1 is 1.00 bits per heavy atom. The Labute approximate surface area is 87.0 Å². The minimum absolute atomic E-state index is 0.310. The van der Waals surface area contributed by atoms with Crippen molar-refractivity contribution < 1.29 is 9.53 Å². The molecule has 0 fully saturated rings. The molecule has 2 N–H and O–H groups in total. The van der Waals surface area contributed by atoms with Gasteiger partial charge in [0.15, 0.2) is 0 Å². The smallest absolute Gasteiger partial charge is 0.326 e. The maximum Gasteiger partial charge on any atom is 0.326 e. The van der Waals surface area contributed by atoms with E-state index in [1.165, 1.54) is 0 Å². The van der Waals surface area contributed by atoms with Gasteiger partial charge in [0, 0.05) is 0 Å². The number of hydrogen-bond acceptors (Lipinski definition) is 3. The van der Waals surface area contributed by atoms with Crippen LogP contribution in [0, 0.1) is 5.41 Å². The van der Waals surface area contributed by atoms with Crippen LogP contribution in [0.15, 0.2) is 0 Å². The molecule has 0 aromatic carbocycles. The molecule has 0 aliphatic heterocycles. The van der Waals surface area contributed by atoms with E-state index in [0.29, 0.717) is 0 Å². The molecular formula is C11H23NO2. The van der Waals surface area contributed by atoms with Crippen LogP contribution >= 0.6 is 0 Å². The number of carbonyl (C=O) groups is 1. The molecule has 0 bridgehead atoms. The second-order valence-electron chi connectivity index (χ2n) is 5.95. The fourth-order valence-electron chi connectivity index (χ4n) is 0.690. The molecule has 0 saturated heterocycles. The van der Waals surface area contributed by atoms with Gasteiger partial charge in [0.05, 0.1) is 0 Å². The van der Waals surface area contributed by atoms with Crippen LogP contribution in [0.3, 0.4) is 0 Å². The van der Waals surface area contributed by atoms with Crippen LogP contribution in [0.5, 0.6) is 0 Å². The summed E-state index contributed by atoms with van der Waals surface area (Å²) in [7, 11) is 0. The third-order valence-electron chi connectivity index (χ3n) is 2.38. The van der Waals surface area contributed by atoms with Crippen molar-refractivity contribution in [1.29, 1.82) is 0 Å². The van der Waals surface area contributed by atoms with E-state index in [4.69, 9.17) is 10.5 Å². The first-order valence-electron chi connectivity index (χ1n) is 4.90. The zero-order valence-electron chi connectivity index (χ0n) is 10.4. The first kappa shape index (κ1) is 13.4. The fourth-order valence-corrected chi connectivity index (χ4v) is 0.690. The van der Waals surface area contributed by atoms with E-state index >= 15 is 0 Å². The highest BCUT2D eigenvalue weighted by Crippen LogP contribution is 2.30. The van der Waals surface area contributed by atoms with Gasteiger partial charge in [0.1, 0.15) is 11.1 Å². The van der Waals surface area contributed by atoms with Gasteiger partial charge in [-0.15, -0.1) is 0 Å². The van der Waals surface area contributed by atoms with Crippen molar-refractivity contribution in [2.75, 3.05) is 0 Å². The number of carbonyl (C=O) groups excluding carboxylic acids is 1. The van der Waals surface area contributed by atoms with Gasteiger partial charge >= 0.3 is 5.97 Å². The quantitative estimate of drug-likeness (QED) is 0.661. The molecule has 14 heavy (non-hydrogen) atoms. The Morgan fingerprint density at radius 2 is 1.36 bits per heavy atom. The third kappa shape index (κ3) is 3.29. The van der Waals surface area contributed by atoms with Crippen LogP contribution in [0.1, 0.15) is 48.5 Å². The lowest BCUT2D eigenvalue weighted by Gasteiger charge is -2.37. The number of hydrogen-bond donors (Lipinski definition) is 1. The Bertz CT molecular complexity index is 218. The van der Waals surface area contributed by atoms with Gasteiger partial charge in [0.25, 0.3) is 0 Å². The van der Waals surface area contributed by atoms with Crippen molar-refractivity contribution >= 4 is 5.97 Å². The lowest BCUT2D eigenvalue weighted by atomic mass is 9.75. The van der Waals surface area contributed by atoms with Crippen molar-refractivity contribution in [1.82, 2.24) is 0 Å². The average Bonchev–Trinajstić information content (AvgIpc) is 1.80. The fraction of sp³-hybridized carbons (Fsp3) is 0.909. The van der Waals surface area contributed by atoms with E-state index in [1.54, 1.807) is 6.92 Å². The maximum atomic E-state index is 11.8. The molecule has 0 amide bonds. The Balaban J connectivity index is 4.70. The summed E-state index contributed by atoms with van der Waals surface area (Å²) in [6, 6.07) is 0. The Kier molecular flexibility index (Phi) is 3.39. The summed E-state index contributed by atoms with van der Waals surface area (Å²) in [6.07, 6.45) is 0. The molecule has 0 saturated carbocycles. The van der Waals surface area contributed by atoms with Crippen LogP contribution in [0.2, 0.25) is 0 Å². The molecule has 0 aliphatic carbocycles. The van der Waals surface area contributed by atoms with Crippen molar-refractivity contribution in [3.8, 4) is 0 Å². The molecule has 1 atom stereocenters. The zero-order valence-corrected chi connectivity index (χ0v) is 10.4. The van der Waals surface area contributed by atoms with E-state index < -0.39 is 11.1 Å². The highest BCUT2D eigenvalue weighted by atomic mass is 16.6. The predicted molar refractivity (Wildman–Crippen MR) is 57.9 cm³/mol. The zero-order chi connectivity index (χ0) is 11.8. The number of ether oxygens (including phenoxy) is 1. The summed E-state index contributed by atoms with van der Waals surface area (Å²) in [4.78, 5) is 11.8. The standard InChI is InChI=1S/C11H23NO2/c1-9(2,3)11(7,12)8(13)14-10(4,5)6/h12H2,1-7H3. The van der Waals surface area contributed by atoms with Gasteiger partial charge in [-0.1, -0.05) is 20.8 Å². The van der Waals surface area contributed by atoms with Gasteiger partial charge in [-0.25, -0.2) is 0 Å². The molecule has 3 nitrogen and oxygen atoms in total. The highest BCUT2D eigenvalue weighted by Gasteiger charge is 2.43. The molecule has 0 aromatic rings. The third-order valence-corrected chi connectivity index (χ3v) is 2.38. The van der Waals surface area contributed by atoms with Crippen molar-refractivity contribution in [2.24, 2.45) is 11.1 Å². The summed E-state index contributed by atoms with van der Waals surface area (Å²) in [5.41, 5.74) is 4.22. The van der Waals surface area contributed by atoms with E-state index in [1.807, 2.05) is 41.5 Å². The average molecular weight is 201 g/mol. The molecule has 0 aliphatic rings. The van der Waals surface area contributed by atoms with Crippen LogP contribution < -0.4 is 5.73 Å². The van der Waals surface area contributed by atoms with Crippen LogP contribution in [0.25, 0.3) is 0 Å². The molecule has 0 rings (SSSR count). The SMILES string of the molecule is CC(C)(C)OC(=O)C(C)(N)C(C)(C)C. The maximum absolute atomic E-state index is 11.8. The van der Waals surface area contributed by atoms with Crippen molar-refractivity contribution in [2.45, 2.75) is 59.6 Å². The molecule has 0 radical (unpaired) electrons. The Hall–Kier alpha value is -0.570. The second kappa shape index (κ2) is 3.54. The van der Waals surface area contributed by atoms with Crippen LogP contribution in [-0.2, 0) is 9.53 Å². The van der Waals surface area contributed by atoms with Crippen LogP contribution in [-0.4, -0.2) is 17.1 Å². The molecule has 84 valence electrons. The van der Waals surface area contributed by atoms with Gasteiger partial charge in [0.2, 0.25) is 0 Å². The first-order chi connectivity index (χ1) is 5.88. The molecule has 3 heteroatoms. The largest absolute Gasteiger partial charge is 0.459 e. The molecule has 1 unspecified atom stereocenters. The summed E-state index contributed by atoms with van der Waals surface area (Å²) in [6.45, 7) is 13.0. The molecule has 0 aromatic heterocycles. The molecule has 0 heterocycles. The van der Waals surface area contributed by atoms with E-state index in [2.05, 4.69) is 0 Å². The van der Waals surface area contributed by atoms with Crippen molar-refractivity contribution in [3.05, 3.63) is 0 Å². The van der Waals surface area contributed by atoms with Crippen molar-refractivity contribution in [3.63, 3.8) is 0 Å². The number of nitrogens with two attached hydrogens (primary N) is 1. The Morgan fingerprint density at radius 3 is 1.57 bits per heavy atom. The predicted octanol–water partition coefficient (Wildman–Crippen LogP) is 2.09. The van der Waals surface area contributed by atoms with Crippen LogP contribution in [0.4, 0.5) is 0 Å². The van der Waals surface area contributed by atoms with Gasteiger partial charge in [-0.05, 0) is 33.1 Å². The lowest BCUT2D eigenvalue weighted by Crippen LogP contribution is -2.57. The lowest BCUT2D eigenvalue weighted by molar-refractivity contribution is -0.165. The number of rotatable bonds is 1. The minimum Gasteiger partial charge on any atom is -0.459 e. The molecule has 0 spiro atoms.